The lowest BCUT2D eigenvalue weighted by atomic mass is 10.2. The Kier molecular flexibility index (Phi) is 5.55. The van der Waals surface area contributed by atoms with Gasteiger partial charge in [-0.3, -0.25) is 4.31 Å². The summed E-state index contributed by atoms with van der Waals surface area (Å²) in [6.45, 7) is 1.54. The van der Waals surface area contributed by atoms with Crippen LogP contribution in [0.2, 0.25) is 0 Å². The van der Waals surface area contributed by atoms with Gasteiger partial charge in [0.15, 0.2) is 0 Å². The Bertz CT molecular complexity index is 559. The van der Waals surface area contributed by atoms with Crippen LogP contribution in [0.3, 0.4) is 0 Å². The van der Waals surface area contributed by atoms with Gasteiger partial charge in [-0.05, 0) is 37.9 Å². The number of para-hydroxylation sites is 1. The summed E-state index contributed by atoms with van der Waals surface area (Å²) < 4.78 is 42.2. The number of anilines is 1. The molecule has 118 valence electrons. The summed E-state index contributed by atoms with van der Waals surface area (Å²) in [5.41, 5.74) is 5.58. The highest BCUT2D eigenvalue weighted by molar-refractivity contribution is 7.90. The Balaban J connectivity index is 2.32. The van der Waals surface area contributed by atoms with Crippen LogP contribution >= 0.6 is 0 Å². The monoisotopic (exact) mass is 315 g/mol. The van der Waals surface area contributed by atoms with Crippen molar-refractivity contribution in [2.45, 2.75) is 25.7 Å². The number of piperidine rings is 1. The summed E-state index contributed by atoms with van der Waals surface area (Å²) in [7, 11) is -3.70. The standard InChI is InChI=1S/C14H22FN3O2S/c15-13-7-2-3-8-14(13)18(12-6-9-16)21(19,20)17-10-4-1-5-11-17/h2-3,7-8H,1,4-6,9-12,16H2. The molecule has 1 aromatic rings. The predicted molar refractivity (Wildman–Crippen MR) is 81.8 cm³/mol. The van der Waals surface area contributed by atoms with E-state index in [1.54, 1.807) is 12.1 Å². The molecule has 0 bridgehead atoms. The molecule has 1 aliphatic rings. The van der Waals surface area contributed by atoms with Crippen LogP contribution in [0.25, 0.3) is 0 Å². The molecule has 2 N–H and O–H groups in total. The van der Waals surface area contributed by atoms with Crippen molar-refractivity contribution in [2.75, 3.05) is 30.5 Å². The van der Waals surface area contributed by atoms with Crippen LogP contribution in [0.1, 0.15) is 25.7 Å². The van der Waals surface area contributed by atoms with E-state index in [0.717, 1.165) is 23.6 Å². The van der Waals surface area contributed by atoms with Crippen molar-refractivity contribution < 1.29 is 12.8 Å². The van der Waals surface area contributed by atoms with Gasteiger partial charge in [-0.2, -0.15) is 12.7 Å². The molecule has 21 heavy (non-hydrogen) atoms. The Labute approximate surface area is 125 Å². The topological polar surface area (TPSA) is 66.6 Å². The highest BCUT2D eigenvalue weighted by atomic mass is 32.2. The number of hydrogen-bond donors (Lipinski definition) is 1. The Hall–Kier alpha value is -1.18. The lowest BCUT2D eigenvalue weighted by molar-refractivity contribution is 0.345. The first kappa shape index (κ1) is 16.2. The maximum absolute atomic E-state index is 14.0. The summed E-state index contributed by atoms with van der Waals surface area (Å²) >= 11 is 0. The van der Waals surface area contributed by atoms with Crippen LogP contribution in [0.15, 0.2) is 24.3 Å². The second-order valence-electron chi connectivity index (χ2n) is 5.13. The van der Waals surface area contributed by atoms with E-state index in [1.807, 2.05) is 0 Å². The third-order valence-electron chi connectivity index (χ3n) is 3.61. The first-order valence-electron chi connectivity index (χ1n) is 7.30. The van der Waals surface area contributed by atoms with Crippen LogP contribution < -0.4 is 10.0 Å². The van der Waals surface area contributed by atoms with Gasteiger partial charge in [0.25, 0.3) is 0 Å². The third kappa shape index (κ3) is 3.72. The number of rotatable bonds is 6. The molecule has 0 radical (unpaired) electrons. The van der Waals surface area contributed by atoms with Crippen LogP contribution in [0.4, 0.5) is 10.1 Å². The molecule has 0 atom stereocenters. The molecule has 5 nitrogen and oxygen atoms in total. The van der Waals surface area contributed by atoms with Gasteiger partial charge in [-0.1, -0.05) is 18.6 Å². The summed E-state index contributed by atoms with van der Waals surface area (Å²) in [5, 5.41) is 0. The molecule has 1 fully saturated rings. The average molecular weight is 315 g/mol. The van der Waals surface area contributed by atoms with Crippen molar-refractivity contribution in [3.8, 4) is 0 Å². The van der Waals surface area contributed by atoms with Gasteiger partial charge in [0.2, 0.25) is 0 Å². The van der Waals surface area contributed by atoms with Crippen LogP contribution in [-0.4, -0.2) is 38.9 Å². The first-order valence-corrected chi connectivity index (χ1v) is 8.69. The SMILES string of the molecule is NCCCN(c1ccccc1F)S(=O)(=O)N1CCCCC1. The van der Waals surface area contributed by atoms with E-state index >= 15 is 0 Å². The molecular weight excluding hydrogens is 293 g/mol. The van der Waals surface area contributed by atoms with Crippen molar-refractivity contribution in [2.24, 2.45) is 5.73 Å². The summed E-state index contributed by atoms with van der Waals surface area (Å²) in [6, 6.07) is 5.96. The fourth-order valence-electron chi connectivity index (χ4n) is 2.48. The smallest absolute Gasteiger partial charge is 0.304 e. The molecule has 1 heterocycles. The van der Waals surface area contributed by atoms with Crippen molar-refractivity contribution >= 4 is 15.9 Å². The molecule has 0 amide bonds. The minimum absolute atomic E-state index is 0.0940. The Morgan fingerprint density at radius 3 is 2.48 bits per heavy atom. The zero-order valence-electron chi connectivity index (χ0n) is 12.0. The minimum atomic E-state index is -3.70. The van der Waals surface area contributed by atoms with E-state index in [9.17, 15) is 12.8 Å². The van der Waals surface area contributed by atoms with Crippen molar-refractivity contribution in [3.63, 3.8) is 0 Å². The minimum Gasteiger partial charge on any atom is -0.330 e. The van der Waals surface area contributed by atoms with E-state index in [1.165, 1.54) is 16.4 Å². The zero-order chi connectivity index (χ0) is 15.3. The largest absolute Gasteiger partial charge is 0.330 e. The molecule has 7 heteroatoms. The molecule has 0 aliphatic carbocycles. The molecule has 1 saturated heterocycles. The highest BCUT2D eigenvalue weighted by Crippen LogP contribution is 2.25. The van der Waals surface area contributed by atoms with E-state index in [2.05, 4.69) is 0 Å². The second-order valence-corrected chi connectivity index (χ2v) is 6.99. The predicted octanol–water partition coefficient (Wildman–Crippen LogP) is 1.71. The average Bonchev–Trinajstić information content (AvgIpc) is 2.50. The molecule has 1 aromatic carbocycles. The third-order valence-corrected chi connectivity index (χ3v) is 5.56. The molecule has 0 spiro atoms. The number of benzene rings is 1. The summed E-state index contributed by atoms with van der Waals surface area (Å²) in [4.78, 5) is 0. The van der Waals surface area contributed by atoms with E-state index < -0.39 is 16.0 Å². The molecular formula is C14H22FN3O2S. The lowest BCUT2D eigenvalue weighted by Crippen LogP contribution is -2.47. The van der Waals surface area contributed by atoms with Crippen LogP contribution in [0.5, 0.6) is 0 Å². The fraction of sp³-hybridized carbons (Fsp3) is 0.571. The van der Waals surface area contributed by atoms with Gasteiger partial charge in [-0.15, -0.1) is 0 Å². The molecule has 1 aliphatic heterocycles. The molecule has 2 rings (SSSR count). The van der Waals surface area contributed by atoms with Crippen molar-refractivity contribution in [1.29, 1.82) is 0 Å². The number of nitrogens with two attached hydrogens (primary N) is 1. The van der Waals surface area contributed by atoms with E-state index in [4.69, 9.17) is 5.73 Å². The van der Waals surface area contributed by atoms with Gasteiger partial charge in [0.05, 0.1) is 5.69 Å². The van der Waals surface area contributed by atoms with Gasteiger partial charge in [-0.25, -0.2) is 4.39 Å². The summed E-state index contributed by atoms with van der Waals surface area (Å²) in [6.07, 6.45) is 3.22. The van der Waals surface area contributed by atoms with Gasteiger partial charge in [0.1, 0.15) is 5.82 Å². The molecule has 0 aromatic heterocycles. The Morgan fingerprint density at radius 2 is 1.86 bits per heavy atom. The van der Waals surface area contributed by atoms with Crippen molar-refractivity contribution in [1.82, 2.24) is 4.31 Å². The number of halogens is 1. The lowest BCUT2D eigenvalue weighted by Gasteiger charge is -2.33. The first-order chi connectivity index (χ1) is 10.1. The fourth-order valence-corrected chi connectivity index (χ4v) is 4.24. The normalized spacial score (nSPS) is 16.9. The number of nitrogens with zero attached hydrogens (tertiary/aromatic N) is 2. The molecule has 0 unspecified atom stereocenters. The van der Waals surface area contributed by atoms with Gasteiger partial charge < -0.3 is 5.73 Å². The molecule has 0 saturated carbocycles. The summed E-state index contributed by atoms with van der Waals surface area (Å²) in [5.74, 6) is -0.532. The van der Waals surface area contributed by atoms with E-state index in [-0.39, 0.29) is 12.2 Å². The maximum atomic E-state index is 14.0. The van der Waals surface area contributed by atoms with Crippen LogP contribution in [-0.2, 0) is 10.2 Å². The maximum Gasteiger partial charge on any atom is 0.304 e. The number of hydrogen-bond acceptors (Lipinski definition) is 3. The van der Waals surface area contributed by atoms with Crippen LogP contribution in [0, 0.1) is 5.82 Å². The van der Waals surface area contributed by atoms with Gasteiger partial charge in [0, 0.05) is 19.6 Å². The van der Waals surface area contributed by atoms with Gasteiger partial charge >= 0.3 is 10.2 Å². The quantitative estimate of drug-likeness (QED) is 0.869. The Morgan fingerprint density at radius 1 is 1.19 bits per heavy atom. The van der Waals surface area contributed by atoms with Crippen molar-refractivity contribution in [3.05, 3.63) is 30.1 Å². The van der Waals surface area contributed by atoms with E-state index in [0.29, 0.717) is 26.1 Å². The second kappa shape index (κ2) is 7.20. The zero-order valence-corrected chi connectivity index (χ0v) is 12.9. The highest BCUT2D eigenvalue weighted by Gasteiger charge is 2.31.